The summed E-state index contributed by atoms with van der Waals surface area (Å²) in [5.74, 6) is 0.854. The summed E-state index contributed by atoms with van der Waals surface area (Å²) in [5, 5.41) is 17.9. The summed E-state index contributed by atoms with van der Waals surface area (Å²) in [6, 6.07) is 18.1. The minimum atomic E-state index is -3.92. The van der Waals surface area contributed by atoms with Gasteiger partial charge in [0, 0.05) is 23.7 Å². The summed E-state index contributed by atoms with van der Waals surface area (Å²) in [6.45, 7) is 0.0938. The minimum absolute atomic E-state index is 0.0938. The van der Waals surface area contributed by atoms with E-state index in [9.17, 15) is 4.21 Å². The van der Waals surface area contributed by atoms with Gasteiger partial charge in [0.2, 0.25) is 0 Å². The molecular weight excluding hydrogens is 450 g/mol. The second-order valence-corrected chi connectivity index (χ2v) is 9.64. The molecule has 4 aromatic rings. The van der Waals surface area contributed by atoms with Crippen molar-refractivity contribution in [3.8, 4) is 11.3 Å². The van der Waals surface area contributed by atoms with E-state index in [0.717, 1.165) is 47.1 Å². The van der Waals surface area contributed by atoms with E-state index in [1.807, 2.05) is 30.3 Å². The van der Waals surface area contributed by atoms with E-state index in [1.165, 1.54) is 0 Å². The van der Waals surface area contributed by atoms with Crippen molar-refractivity contribution in [2.75, 3.05) is 11.9 Å². The van der Waals surface area contributed by atoms with Gasteiger partial charge in [0.1, 0.15) is 11.0 Å². The van der Waals surface area contributed by atoms with Gasteiger partial charge in [-0.1, -0.05) is 54.1 Å². The molecule has 0 aliphatic heterocycles. The van der Waals surface area contributed by atoms with Gasteiger partial charge in [-0.25, -0.2) is 13.4 Å². The number of aromatic nitrogens is 3. The quantitative estimate of drug-likeness (QED) is 0.304. The number of fused-ring (bicyclic) bond motifs is 2. The second-order valence-electron chi connectivity index (χ2n) is 8.07. The van der Waals surface area contributed by atoms with E-state index in [-0.39, 0.29) is 18.6 Å². The molecule has 32 heavy (non-hydrogen) atoms. The molecule has 1 aliphatic rings. The molecule has 3 atom stereocenters. The number of rotatable bonds is 6. The SMILES string of the molecule is [NH-]S(=O)(=[OH+])OC[C@@H]1CC[C@H](Nc2cc(Cl)nc3cc(-c4cccc5ccccc45)nn23)C1. The number of benzene rings is 2. The highest BCUT2D eigenvalue weighted by molar-refractivity contribution is 7.88. The van der Waals surface area contributed by atoms with Gasteiger partial charge >= 0.3 is 10.3 Å². The van der Waals surface area contributed by atoms with Crippen molar-refractivity contribution >= 4 is 44.1 Å². The van der Waals surface area contributed by atoms with E-state index in [1.54, 1.807) is 10.6 Å². The summed E-state index contributed by atoms with van der Waals surface area (Å²) in [5.41, 5.74) is 2.48. The van der Waals surface area contributed by atoms with Crippen LogP contribution in [0.3, 0.4) is 0 Å². The first-order chi connectivity index (χ1) is 15.4. The van der Waals surface area contributed by atoms with Gasteiger partial charge < -0.3 is 10.5 Å². The van der Waals surface area contributed by atoms with Crippen molar-refractivity contribution in [3.05, 3.63) is 64.9 Å². The van der Waals surface area contributed by atoms with E-state index in [2.05, 4.69) is 28.5 Å². The fourth-order valence-corrected chi connectivity index (χ4v) is 4.95. The Morgan fingerprint density at radius 2 is 2.03 bits per heavy atom. The third-order valence-corrected chi connectivity index (χ3v) is 6.47. The number of halogens is 1. The van der Waals surface area contributed by atoms with Crippen LogP contribution in [0.15, 0.2) is 54.6 Å². The van der Waals surface area contributed by atoms with Crippen LogP contribution in [0.4, 0.5) is 5.82 Å². The molecule has 0 amide bonds. The average molecular weight is 472 g/mol. The zero-order valence-electron chi connectivity index (χ0n) is 17.1. The van der Waals surface area contributed by atoms with Crippen molar-refractivity contribution in [3.63, 3.8) is 0 Å². The van der Waals surface area contributed by atoms with Crippen LogP contribution in [-0.2, 0) is 14.5 Å². The lowest BCUT2D eigenvalue weighted by Gasteiger charge is -2.15. The maximum Gasteiger partial charge on any atom is 0.333 e. The molecule has 1 unspecified atom stereocenters. The van der Waals surface area contributed by atoms with Gasteiger partial charge in [0.05, 0.1) is 12.3 Å². The Kier molecular flexibility index (Phi) is 5.50. The van der Waals surface area contributed by atoms with Crippen LogP contribution < -0.4 is 5.32 Å². The van der Waals surface area contributed by atoms with E-state index < -0.39 is 10.3 Å². The van der Waals surface area contributed by atoms with Gasteiger partial charge in [-0.05, 0) is 36.0 Å². The monoisotopic (exact) mass is 471 g/mol. The van der Waals surface area contributed by atoms with E-state index in [0.29, 0.717) is 10.8 Å². The number of hydrogen-bond acceptors (Lipinski definition) is 5. The Hall–Kier alpha value is -2.72. The summed E-state index contributed by atoms with van der Waals surface area (Å²) < 4.78 is 26.6. The Bertz CT molecular complexity index is 1400. The van der Waals surface area contributed by atoms with E-state index >= 15 is 0 Å². The molecule has 1 saturated carbocycles. The largest absolute Gasteiger partial charge is 0.491 e. The van der Waals surface area contributed by atoms with Crippen LogP contribution in [-0.4, -0.2) is 35.7 Å². The van der Waals surface area contributed by atoms with Crippen LogP contribution in [0.5, 0.6) is 0 Å². The molecular formula is C22H22ClN5O3S. The minimum Gasteiger partial charge on any atom is -0.491 e. The summed E-state index contributed by atoms with van der Waals surface area (Å²) >= 11 is 6.30. The topological polar surface area (TPSA) is 114 Å². The standard InChI is InChI=1S/C22H21ClN5O3S/c23-20-12-22(25-16-9-8-14(10-16)13-31-32(24,29)30)28-21(26-20)11-19(27-28)18-7-3-5-15-4-1-2-6-17(15)18/h1-7,11-12,14,16,25H,8-10,13H2,(H-,24,29,30)/q-1/p+1/t14-,16+/m1/s1. The molecule has 10 heteroatoms. The maximum atomic E-state index is 11.1. The smallest absolute Gasteiger partial charge is 0.333 e. The van der Waals surface area contributed by atoms with Crippen LogP contribution in [0.2, 0.25) is 5.15 Å². The molecule has 8 nitrogen and oxygen atoms in total. The van der Waals surface area contributed by atoms with Crippen LogP contribution >= 0.6 is 11.6 Å². The van der Waals surface area contributed by atoms with E-state index in [4.69, 9.17) is 30.2 Å². The lowest BCUT2D eigenvalue weighted by molar-refractivity contribution is 0.262. The van der Waals surface area contributed by atoms with Crippen molar-refractivity contribution in [1.82, 2.24) is 14.6 Å². The Morgan fingerprint density at radius 1 is 1.22 bits per heavy atom. The molecule has 0 radical (unpaired) electrons. The Morgan fingerprint density at radius 3 is 2.88 bits per heavy atom. The predicted molar refractivity (Wildman–Crippen MR) is 126 cm³/mol. The third-order valence-electron chi connectivity index (χ3n) is 5.82. The fourth-order valence-electron chi connectivity index (χ4n) is 4.38. The number of hydrogen-bond donors (Lipinski definition) is 1. The predicted octanol–water partition coefficient (Wildman–Crippen LogP) is 5.25. The fraction of sp³-hybridized carbons (Fsp3) is 0.273. The van der Waals surface area contributed by atoms with Crippen molar-refractivity contribution in [1.29, 1.82) is 0 Å². The highest BCUT2D eigenvalue weighted by Crippen LogP contribution is 2.32. The summed E-state index contributed by atoms with van der Waals surface area (Å²) in [4.78, 5) is 4.43. The number of nitrogens with zero attached hydrogens (tertiary/aromatic N) is 3. The first-order valence-electron chi connectivity index (χ1n) is 10.3. The zero-order valence-corrected chi connectivity index (χ0v) is 18.6. The van der Waals surface area contributed by atoms with Crippen molar-refractivity contribution in [2.45, 2.75) is 25.3 Å². The molecule has 1 fully saturated rings. The number of anilines is 1. The van der Waals surface area contributed by atoms with Gasteiger partial charge in [0.25, 0.3) is 0 Å². The Balaban J connectivity index is 1.43. The molecule has 3 N–H and O–H groups in total. The molecule has 2 heterocycles. The second kappa shape index (κ2) is 8.32. The van der Waals surface area contributed by atoms with Gasteiger partial charge in [-0.3, -0.25) is 0 Å². The molecule has 2 aromatic carbocycles. The molecule has 5 rings (SSSR count). The molecule has 0 bridgehead atoms. The van der Waals surface area contributed by atoms with Crippen LogP contribution in [0.1, 0.15) is 19.3 Å². The maximum absolute atomic E-state index is 11.1. The Labute approximate surface area is 190 Å². The molecule has 2 aromatic heterocycles. The van der Waals surface area contributed by atoms with Crippen LogP contribution in [0, 0.1) is 5.92 Å². The molecule has 0 saturated heterocycles. The third kappa shape index (κ3) is 4.42. The highest BCUT2D eigenvalue weighted by atomic mass is 35.5. The zero-order chi connectivity index (χ0) is 22.3. The average Bonchev–Trinajstić information content (AvgIpc) is 3.38. The van der Waals surface area contributed by atoms with Gasteiger partial charge in [-0.15, -0.1) is 0 Å². The summed E-state index contributed by atoms with van der Waals surface area (Å²) in [6.07, 6.45) is 2.47. The van der Waals surface area contributed by atoms with Gasteiger partial charge in [0.15, 0.2) is 5.65 Å². The lowest BCUT2D eigenvalue weighted by atomic mass is 10.0. The summed E-state index contributed by atoms with van der Waals surface area (Å²) in [7, 11) is -3.92. The molecule has 166 valence electrons. The lowest BCUT2D eigenvalue weighted by Crippen LogP contribution is -2.19. The number of nitrogens with one attached hydrogen (secondary N) is 2. The first kappa shape index (κ1) is 21.1. The molecule has 0 spiro atoms. The van der Waals surface area contributed by atoms with Crippen LogP contribution in [0.25, 0.3) is 32.8 Å². The normalized spacial score (nSPS) is 20.6. The van der Waals surface area contributed by atoms with Gasteiger partial charge in [-0.2, -0.15) is 13.8 Å². The van der Waals surface area contributed by atoms with Crippen molar-refractivity contribution < 1.29 is 12.6 Å². The first-order valence-corrected chi connectivity index (χ1v) is 12.1. The molecule has 1 aliphatic carbocycles. The van der Waals surface area contributed by atoms with Crippen molar-refractivity contribution in [2.24, 2.45) is 5.92 Å². The highest BCUT2D eigenvalue weighted by Gasteiger charge is 2.27.